The van der Waals surface area contributed by atoms with Crippen LogP contribution in [0.1, 0.15) is 58.6 Å². The second kappa shape index (κ2) is 6.90. The lowest BCUT2D eigenvalue weighted by atomic mass is 9.90. The highest BCUT2D eigenvalue weighted by molar-refractivity contribution is 6.05. The van der Waals surface area contributed by atoms with Gasteiger partial charge in [-0.1, -0.05) is 76.9 Å². The van der Waals surface area contributed by atoms with Gasteiger partial charge in [0.25, 0.3) is 0 Å². The van der Waals surface area contributed by atoms with Crippen molar-refractivity contribution in [1.82, 2.24) is 0 Å². The molecule has 0 radical (unpaired) electrons. The minimum absolute atomic E-state index is 0.0236. The average Bonchev–Trinajstić information content (AvgIpc) is 3.20. The van der Waals surface area contributed by atoms with E-state index in [1.54, 1.807) is 0 Å². The summed E-state index contributed by atoms with van der Waals surface area (Å²) in [6.07, 6.45) is 3.87. The molecule has 2 rings (SSSR count). The van der Waals surface area contributed by atoms with Gasteiger partial charge in [-0.3, -0.25) is 4.79 Å². The Hall–Kier alpha value is -1.57. The summed E-state index contributed by atoms with van der Waals surface area (Å²) in [5.41, 5.74) is 3.02. The first-order valence-electron chi connectivity index (χ1n) is 8.83. The first-order chi connectivity index (χ1) is 10.8. The highest BCUT2D eigenvalue weighted by Crippen LogP contribution is 2.55. The maximum Gasteiger partial charge on any atom is 0.320 e. The third-order valence-electron chi connectivity index (χ3n) is 4.72. The Balaban J connectivity index is 2.17. The molecule has 0 fully saturated rings. The van der Waals surface area contributed by atoms with Crippen LogP contribution >= 0.6 is 0 Å². The van der Waals surface area contributed by atoms with Crippen molar-refractivity contribution >= 4 is 11.5 Å². The highest BCUT2D eigenvalue weighted by atomic mass is 16.5. The molecule has 0 N–H and O–H groups in total. The van der Waals surface area contributed by atoms with Crippen molar-refractivity contribution in [3.05, 3.63) is 41.5 Å². The van der Waals surface area contributed by atoms with Crippen molar-refractivity contribution < 1.29 is 9.53 Å². The van der Waals surface area contributed by atoms with E-state index in [4.69, 9.17) is 4.74 Å². The number of aryl methyl sites for hydroxylation is 1. The number of carbonyl (C=O) groups excluding carboxylic acids is 1. The van der Waals surface area contributed by atoms with E-state index in [1.807, 2.05) is 0 Å². The topological polar surface area (TPSA) is 26.3 Å². The largest absolute Gasteiger partial charge is 0.461 e. The molecule has 1 aromatic rings. The monoisotopic (exact) mass is 314 g/mol. The summed E-state index contributed by atoms with van der Waals surface area (Å²) in [7, 11) is 0. The summed E-state index contributed by atoms with van der Waals surface area (Å²) in [5.74, 6) is 0.598. The molecule has 0 aliphatic heterocycles. The maximum absolute atomic E-state index is 12.9. The third kappa shape index (κ3) is 3.68. The number of hydrogen-bond donors (Lipinski definition) is 0. The van der Waals surface area contributed by atoms with Gasteiger partial charge in [-0.05, 0) is 36.3 Å². The van der Waals surface area contributed by atoms with Crippen LogP contribution in [0.15, 0.2) is 30.3 Å². The fourth-order valence-electron chi connectivity index (χ4n) is 3.43. The molecule has 1 aromatic carbocycles. The Morgan fingerprint density at radius 3 is 2.13 bits per heavy atom. The highest BCUT2D eigenvalue weighted by Gasteiger charge is 2.52. The van der Waals surface area contributed by atoms with Gasteiger partial charge in [0.05, 0.1) is 0 Å². The molecule has 1 aliphatic carbocycles. The summed E-state index contributed by atoms with van der Waals surface area (Å²) in [5, 5.41) is 0. The number of esters is 1. The van der Waals surface area contributed by atoms with Crippen molar-refractivity contribution in [2.45, 2.75) is 60.5 Å². The van der Waals surface area contributed by atoms with Crippen LogP contribution in [0.4, 0.5) is 0 Å². The smallest absolute Gasteiger partial charge is 0.320 e. The van der Waals surface area contributed by atoms with Gasteiger partial charge in [0.2, 0.25) is 0 Å². The van der Waals surface area contributed by atoms with Crippen molar-refractivity contribution in [2.24, 2.45) is 17.3 Å². The summed E-state index contributed by atoms with van der Waals surface area (Å²) in [4.78, 5) is 12.9. The molecule has 2 heteroatoms. The van der Waals surface area contributed by atoms with Gasteiger partial charge in [-0.25, -0.2) is 0 Å². The van der Waals surface area contributed by atoms with E-state index in [0.717, 1.165) is 24.0 Å². The van der Waals surface area contributed by atoms with E-state index in [2.05, 4.69) is 71.9 Å². The van der Waals surface area contributed by atoms with Crippen LogP contribution < -0.4 is 0 Å². The lowest BCUT2D eigenvalue weighted by molar-refractivity contribution is -0.159. The molecule has 23 heavy (non-hydrogen) atoms. The van der Waals surface area contributed by atoms with E-state index >= 15 is 0 Å². The van der Waals surface area contributed by atoms with Crippen LogP contribution in [0.25, 0.3) is 5.57 Å². The SMILES string of the molecule is CCC[C@@]1(C(=O)OC(C(C)C)C(C)C)C=C1c1ccc(C)cc1. The Labute approximate surface area is 140 Å². The number of hydrogen-bond acceptors (Lipinski definition) is 2. The van der Waals surface area contributed by atoms with Gasteiger partial charge in [0, 0.05) is 0 Å². The molecular weight excluding hydrogens is 284 g/mol. The Kier molecular flexibility index (Phi) is 5.33. The zero-order valence-electron chi connectivity index (χ0n) is 15.3. The number of carbonyl (C=O) groups is 1. The molecule has 0 amide bonds. The van der Waals surface area contributed by atoms with Crippen LogP contribution in [-0.2, 0) is 9.53 Å². The first kappa shape index (κ1) is 17.8. The number of benzene rings is 1. The van der Waals surface area contributed by atoms with Crippen LogP contribution in [0.3, 0.4) is 0 Å². The molecule has 1 aliphatic rings. The molecule has 2 nitrogen and oxygen atoms in total. The molecule has 126 valence electrons. The van der Waals surface area contributed by atoms with E-state index < -0.39 is 5.41 Å². The molecule has 0 saturated heterocycles. The Bertz CT molecular complexity index is 572. The molecular formula is C21H30O2. The van der Waals surface area contributed by atoms with Gasteiger partial charge in [0.15, 0.2) is 0 Å². The molecule has 0 aromatic heterocycles. The molecule has 0 bridgehead atoms. The minimum Gasteiger partial charge on any atom is -0.461 e. The fraction of sp³-hybridized carbons (Fsp3) is 0.571. The molecule has 0 heterocycles. The van der Waals surface area contributed by atoms with Gasteiger partial charge >= 0.3 is 5.97 Å². The van der Waals surface area contributed by atoms with E-state index in [-0.39, 0.29) is 12.1 Å². The zero-order chi connectivity index (χ0) is 17.2. The van der Waals surface area contributed by atoms with E-state index in [0.29, 0.717) is 11.8 Å². The standard InChI is InChI=1S/C21H30O2/c1-7-12-21(20(22)23-19(14(2)3)15(4)5)13-18(21)17-10-8-16(6)9-11-17/h8-11,13-15,19H,7,12H2,1-6H3/t21-/m1/s1. The maximum atomic E-state index is 12.9. The molecule has 0 unspecified atom stereocenters. The van der Waals surface area contributed by atoms with E-state index in [1.165, 1.54) is 5.56 Å². The molecule has 0 saturated carbocycles. The minimum atomic E-state index is -0.494. The van der Waals surface area contributed by atoms with E-state index in [9.17, 15) is 4.79 Å². The van der Waals surface area contributed by atoms with Crippen LogP contribution in [-0.4, -0.2) is 12.1 Å². The normalized spacial score (nSPS) is 20.1. The predicted molar refractivity (Wildman–Crippen MR) is 96.1 cm³/mol. The van der Waals surface area contributed by atoms with Crippen molar-refractivity contribution in [2.75, 3.05) is 0 Å². The van der Waals surface area contributed by atoms with Gasteiger partial charge in [0.1, 0.15) is 11.5 Å². The van der Waals surface area contributed by atoms with Crippen molar-refractivity contribution in [3.8, 4) is 0 Å². The van der Waals surface area contributed by atoms with Crippen molar-refractivity contribution in [1.29, 1.82) is 0 Å². The molecule has 0 spiro atoms. The lowest BCUT2D eigenvalue weighted by Gasteiger charge is -2.28. The van der Waals surface area contributed by atoms with Crippen LogP contribution in [0.5, 0.6) is 0 Å². The van der Waals surface area contributed by atoms with Crippen molar-refractivity contribution in [3.63, 3.8) is 0 Å². The Morgan fingerprint density at radius 1 is 1.09 bits per heavy atom. The fourth-order valence-corrected chi connectivity index (χ4v) is 3.43. The number of ether oxygens (including phenoxy) is 1. The second-order valence-electron chi connectivity index (χ2n) is 7.50. The van der Waals surface area contributed by atoms with Crippen LogP contribution in [0, 0.1) is 24.2 Å². The van der Waals surface area contributed by atoms with Gasteiger partial charge < -0.3 is 4.74 Å². The summed E-state index contributed by atoms with van der Waals surface area (Å²) in [6, 6.07) is 8.41. The second-order valence-corrected chi connectivity index (χ2v) is 7.50. The lowest BCUT2D eigenvalue weighted by Crippen LogP contribution is -2.33. The first-order valence-corrected chi connectivity index (χ1v) is 8.83. The third-order valence-corrected chi connectivity index (χ3v) is 4.72. The Morgan fingerprint density at radius 2 is 1.65 bits per heavy atom. The van der Waals surface area contributed by atoms with Crippen LogP contribution in [0.2, 0.25) is 0 Å². The summed E-state index contributed by atoms with van der Waals surface area (Å²) >= 11 is 0. The zero-order valence-corrected chi connectivity index (χ0v) is 15.3. The number of rotatable bonds is 7. The summed E-state index contributed by atoms with van der Waals surface area (Å²) < 4.78 is 5.94. The average molecular weight is 314 g/mol. The summed E-state index contributed by atoms with van der Waals surface area (Å²) in [6.45, 7) is 12.7. The predicted octanol–water partition coefficient (Wildman–Crippen LogP) is 5.40. The molecule has 1 atom stereocenters. The quantitative estimate of drug-likeness (QED) is 0.630. The van der Waals surface area contributed by atoms with Gasteiger partial charge in [-0.15, -0.1) is 0 Å². The van der Waals surface area contributed by atoms with Gasteiger partial charge in [-0.2, -0.15) is 0 Å².